The molecule has 1 aliphatic heterocycles. The van der Waals surface area contributed by atoms with Crippen LogP contribution in [-0.4, -0.2) is 72.6 Å². The Hall–Kier alpha value is -5.57. The summed E-state index contributed by atoms with van der Waals surface area (Å²) >= 11 is 0. The Morgan fingerprint density at radius 3 is 2.70 bits per heavy atom. The quantitative estimate of drug-likeness (QED) is 0.269. The number of hydrogen-bond acceptors (Lipinski definition) is 7. The van der Waals surface area contributed by atoms with E-state index >= 15 is 0 Å². The molecule has 1 N–H and O–H groups in total. The van der Waals surface area contributed by atoms with Crippen LogP contribution in [0.2, 0.25) is 0 Å². The molecule has 1 atom stereocenters. The van der Waals surface area contributed by atoms with Crippen LogP contribution in [0.15, 0.2) is 90.2 Å². The second kappa shape index (κ2) is 13.0. The van der Waals surface area contributed by atoms with Crippen LogP contribution in [0.5, 0.6) is 0 Å². The van der Waals surface area contributed by atoms with Gasteiger partial charge in [0.15, 0.2) is 5.65 Å². The lowest BCUT2D eigenvalue weighted by Crippen LogP contribution is -2.38. The van der Waals surface area contributed by atoms with Gasteiger partial charge in [-0.1, -0.05) is 42.2 Å². The summed E-state index contributed by atoms with van der Waals surface area (Å²) in [4.78, 5) is 34.7. The number of aromatic nitrogens is 6. The maximum Gasteiger partial charge on any atom is 0.264 e. The van der Waals surface area contributed by atoms with Crippen molar-refractivity contribution in [3.8, 4) is 17.5 Å². The predicted octanol–water partition coefficient (Wildman–Crippen LogP) is 3.76. The highest BCUT2D eigenvalue weighted by Gasteiger charge is 2.23. The van der Waals surface area contributed by atoms with Crippen molar-refractivity contribution in [3.63, 3.8) is 0 Å². The van der Waals surface area contributed by atoms with Crippen LogP contribution in [0, 0.1) is 18.8 Å². The molecule has 0 bridgehead atoms. The summed E-state index contributed by atoms with van der Waals surface area (Å²) in [5.41, 5.74) is 3.94. The van der Waals surface area contributed by atoms with Crippen molar-refractivity contribution in [2.75, 3.05) is 32.8 Å². The van der Waals surface area contributed by atoms with E-state index in [1.54, 1.807) is 40.7 Å². The number of para-hydroxylation sites is 1. The summed E-state index contributed by atoms with van der Waals surface area (Å²) < 4.78 is 10.6. The topological polar surface area (TPSA) is 112 Å². The van der Waals surface area contributed by atoms with Crippen molar-refractivity contribution in [3.05, 3.63) is 124 Å². The van der Waals surface area contributed by atoms with E-state index in [1.807, 2.05) is 72.4 Å². The third kappa shape index (κ3) is 6.16. The molecule has 1 saturated heterocycles. The molecule has 5 heterocycles. The van der Waals surface area contributed by atoms with Crippen LogP contribution in [0.1, 0.15) is 45.8 Å². The van der Waals surface area contributed by atoms with E-state index in [1.165, 1.54) is 0 Å². The number of ether oxygens (including phenoxy) is 1. The fourth-order valence-electron chi connectivity index (χ4n) is 6.01. The lowest BCUT2D eigenvalue weighted by Gasteiger charge is -2.26. The van der Waals surface area contributed by atoms with Crippen molar-refractivity contribution in [2.45, 2.75) is 26.4 Å². The summed E-state index contributed by atoms with van der Waals surface area (Å²) in [6.07, 6.45) is 7.07. The summed E-state index contributed by atoms with van der Waals surface area (Å²) in [5.74, 6) is 6.13. The first-order valence-corrected chi connectivity index (χ1v) is 15.7. The molecule has 0 saturated carbocycles. The molecule has 4 aromatic heterocycles. The standard InChI is InChI=1S/C36H34N8O3/c1-25(39-35(45)32-26(2)40-43-15-7-14-37-34(32)43)31-22-29-9-6-8-28(33(29)36(46)44(31)30-10-4-3-5-11-30)13-12-27-23-38-42(24-27)17-16-41-18-20-47-21-19-41/h3-11,14-15,22-25H,16-21H2,1-2H3,(H,39,45)/t25-/m0/s1. The van der Waals surface area contributed by atoms with Gasteiger partial charge in [0.1, 0.15) is 5.56 Å². The number of pyridine rings is 1. The zero-order valence-electron chi connectivity index (χ0n) is 26.3. The molecule has 0 radical (unpaired) electrons. The van der Waals surface area contributed by atoms with Crippen molar-refractivity contribution in [1.29, 1.82) is 0 Å². The third-order valence-electron chi connectivity index (χ3n) is 8.40. The van der Waals surface area contributed by atoms with Gasteiger partial charge in [-0.05, 0) is 49.6 Å². The van der Waals surface area contributed by atoms with Gasteiger partial charge < -0.3 is 10.1 Å². The van der Waals surface area contributed by atoms with Gasteiger partial charge in [0.25, 0.3) is 11.5 Å². The molecule has 1 fully saturated rings. The van der Waals surface area contributed by atoms with E-state index in [9.17, 15) is 9.59 Å². The van der Waals surface area contributed by atoms with Gasteiger partial charge in [-0.2, -0.15) is 10.2 Å². The van der Waals surface area contributed by atoms with Gasteiger partial charge in [-0.25, -0.2) is 9.50 Å². The molecule has 0 spiro atoms. The number of benzene rings is 2. The highest BCUT2D eigenvalue weighted by atomic mass is 16.5. The lowest BCUT2D eigenvalue weighted by molar-refractivity contribution is 0.0359. The zero-order valence-corrected chi connectivity index (χ0v) is 26.3. The summed E-state index contributed by atoms with van der Waals surface area (Å²) in [6.45, 7) is 8.71. The highest BCUT2D eigenvalue weighted by Crippen LogP contribution is 2.24. The number of carbonyl (C=O) groups excluding carboxylic acids is 1. The maximum atomic E-state index is 14.4. The number of aryl methyl sites for hydroxylation is 1. The average Bonchev–Trinajstić information content (AvgIpc) is 3.70. The van der Waals surface area contributed by atoms with Crippen LogP contribution in [0.3, 0.4) is 0 Å². The summed E-state index contributed by atoms with van der Waals surface area (Å²) in [7, 11) is 0. The van der Waals surface area contributed by atoms with Gasteiger partial charge in [0.05, 0.1) is 48.6 Å². The Labute approximate surface area is 271 Å². The van der Waals surface area contributed by atoms with Gasteiger partial charge in [-0.15, -0.1) is 0 Å². The second-order valence-corrected chi connectivity index (χ2v) is 11.6. The SMILES string of the molecule is Cc1nn2cccnc2c1C(=O)N[C@@H](C)c1cc2cccc(C#Cc3cnn(CCN4CCOCC4)c3)c2c(=O)n1-c1ccccc1. The first-order valence-electron chi connectivity index (χ1n) is 15.7. The molecule has 236 valence electrons. The monoisotopic (exact) mass is 626 g/mol. The van der Waals surface area contributed by atoms with Crippen LogP contribution in [0.25, 0.3) is 22.1 Å². The maximum absolute atomic E-state index is 14.4. The van der Waals surface area contributed by atoms with Crippen LogP contribution in [0.4, 0.5) is 0 Å². The Morgan fingerprint density at radius 2 is 1.87 bits per heavy atom. The average molecular weight is 627 g/mol. The Bertz CT molecular complexity index is 2200. The summed E-state index contributed by atoms with van der Waals surface area (Å²) in [6, 6.07) is 18.3. The molecule has 0 unspecified atom stereocenters. The minimum atomic E-state index is -0.532. The second-order valence-electron chi connectivity index (χ2n) is 11.6. The molecule has 7 rings (SSSR count). The third-order valence-corrected chi connectivity index (χ3v) is 8.40. The van der Waals surface area contributed by atoms with E-state index in [0.29, 0.717) is 39.2 Å². The number of nitrogens with one attached hydrogen (secondary N) is 1. The molecule has 0 aliphatic carbocycles. The number of carbonyl (C=O) groups is 1. The van der Waals surface area contributed by atoms with Crippen LogP contribution in [-0.2, 0) is 11.3 Å². The number of morpholine rings is 1. The molecule has 2 aromatic carbocycles. The van der Waals surface area contributed by atoms with Crippen molar-refractivity contribution in [1.82, 2.24) is 39.2 Å². The normalized spacial score (nSPS) is 14.2. The minimum absolute atomic E-state index is 0.218. The Balaban J connectivity index is 1.22. The van der Waals surface area contributed by atoms with Gasteiger partial charge in [0, 0.05) is 55.2 Å². The molecular formula is C36H34N8O3. The Kier molecular flexibility index (Phi) is 8.35. The predicted molar refractivity (Wildman–Crippen MR) is 179 cm³/mol. The van der Waals surface area contributed by atoms with E-state index in [2.05, 4.69) is 37.2 Å². The summed E-state index contributed by atoms with van der Waals surface area (Å²) in [5, 5.41) is 13.2. The fourth-order valence-corrected chi connectivity index (χ4v) is 6.01. The molecular weight excluding hydrogens is 592 g/mol. The molecule has 11 heteroatoms. The van der Waals surface area contributed by atoms with Gasteiger partial charge in [0.2, 0.25) is 0 Å². The van der Waals surface area contributed by atoms with Gasteiger partial charge >= 0.3 is 0 Å². The number of hydrogen-bond donors (Lipinski definition) is 1. The molecule has 1 amide bonds. The molecule has 1 aliphatic rings. The minimum Gasteiger partial charge on any atom is -0.379 e. The first-order chi connectivity index (χ1) is 23.0. The number of fused-ring (bicyclic) bond motifs is 2. The molecule has 6 aromatic rings. The van der Waals surface area contributed by atoms with Crippen LogP contribution >= 0.6 is 0 Å². The highest BCUT2D eigenvalue weighted by molar-refractivity contribution is 6.01. The van der Waals surface area contributed by atoms with E-state index in [0.717, 1.165) is 50.3 Å². The largest absolute Gasteiger partial charge is 0.379 e. The first kappa shape index (κ1) is 30.1. The van der Waals surface area contributed by atoms with Crippen molar-refractivity contribution >= 4 is 22.3 Å². The van der Waals surface area contributed by atoms with Crippen LogP contribution < -0.4 is 10.9 Å². The zero-order chi connectivity index (χ0) is 32.3. The van der Waals surface area contributed by atoms with Crippen molar-refractivity contribution < 1.29 is 9.53 Å². The smallest absolute Gasteiger partial charge is 0.264 e. The van der Waals surface area contributed by atoms with Gasteiger partial charge in [-0.3, -0.25) is 23.7 Å². The number of amides is 1. The number of rotatable bonds is 7. The molecule has 47 heavy (non-hydrogen) atoms. The Morgan fingerprint density at radius 1 is 1.04 bits per heavy atom. The lowest BCUT2D eigenvalue weighted by atomic mass is 10.0. The fraction of sp³-hybridized carbons (Fsp3) is 0.250. The number of nitrogens with zero attached hydrogens (tertiary/aromatic N) is 7. The van der Waals surface area contributed by atoms with Crippen molar-refractivity contribution in [2.24, 2.45) is 0 Å². The van der Waals surface area contributed by atoms with E-state index in [4.69, 9.17) is 4.74 Å². The van der Waals surface area contributed by atoms with E-state index in [-0.39, 0.29) is 11.5 Å². The molecule has 11 nitrogen and oxygen atoms in total. The van der Waals surface area contributed by atoms with E-state index < -0.39 is 6.04 Å².